The minimum atomic E-state index is -0.499. The number of pyridine rings is 1. The minimum Gasteiger partial charge on any atom is -0.497 e. The van der Waals surface area contributed by atoms with Crippen molar-refractivity contribution in [3.63, 3.8) is 0 Å². The molecule has 7 rings (SSSR count). The van der Waals surface area contributed by atoms with Crippen LogP contribution in [0.15, 0.2) is 85.1 Å². The van der Waals surface area contributed by atoms with Crippen molar-refractivity contribution in [2.24, 2.45) is 5.41 Å². The number of methoxy groups -OCH3 is 4. The molecular formula is C42H50N6O5. The summed E-state index contributed by atoms with van der Waals surface area (Å²) in [6, 6.07) is 26.6. The Balaban J connectivity index is 1.03. The molecule has 11 nitrogen and oxygen atoms in total. The normalized spacial score (nSPS) is 18.0. The molecule has 1 unspecified atom stereocenters. The third-order valence-electron chi connectivity index (χ3n) is 10.9. The number of fused-ring (bicyclic) bond motifs is 1. The second kappa shape index (κ2) is 16.2. The standard InChI is InChI=1S/C42H50N6O5/c1-50-34-14-12-30(13-15-34)27-42(19-24-47(40(42)49)28-31-25-37(51-2)39(53-4)38(26-31)52-3)18-23-46-21-16-32(17-22-46)44-41-45-35-10-5-6-11-36(35)48(41)29-33-9-7-8-20-43-33/h5-15,20,25-26,32H,16-19,21-24,27-29H2,1-4H3,(H,44,45). The van der Waals surface area contributed by atoms with E-state index in [1.54, 1.807) is 28.4 Å². The van der Waals surface area contributed by atoms with Crippen LogP contribution in [0.2, 0.25) is 0 Å². The van der Waals surface area contributed by atoms with Crippen LogP contribution in [0.3, 0.4) is 0 Å². The van der Waals surface area contributed by atoms with E-state index in [0.29, 0.717) is 49.3 Å². The molecule has 2 aliphatic heterocycles. The maximum Gasteiger partial charge on any atom is 0.229 e. The highest BCUT2D eigenvalue weighted by Crippen LogP contribution is 2.42. The lowest BCUT2D eigenvalue weighted by atomic mass is 9.77. The summed E-state index contributed by atoms with van der Waals surface area (Å²) in [4.78, 5) is 28.6. The van der Waals surface area contributed by atoms with E-state index in [9.17, 15) is 4.79 Å². The monoisotopic (exact) mass is 718 g/mol. The lowest BCUT2D eigenvalue weighted by Gasteiger charge is -2.35. The first-order valence-electron chi connectivity index (χ1n) is 18.5. The largest absolute Gasteiger partial charge is 0.497 e. The molecule has 0 spiro atoms. The number of piperidine rings is 1. The van der Waals surface area contributed by atoms with Crippen LogP contribution in [0.1, 0.15) is 42.5 Å². The third-order valence-corrected chi connectivity index (χ3v) is 10.9. The number of ether oxygens (including phenoxy) is 4. The van der Waals surface area contributed by atoms with E-state index in [1.165, 1.54) is 0 Å². The Kier molecular flexibility index (Phi) is 11.0. The molecule has 53 heavy (non-hydrogen) atoms. The molecule has 4 heterocycles. The maximum atomic E-state index is 14.5. The molecule has 2 saturated heterocycles. The van der Waals surface area contributed by atoms with Gasteiger partial charge in [-0.1, -0.05) is 30.3 Å². The molecule has 0 saturated carbocycles. The van der Waals surface area contributed by atoms with Crippen LogP contribution >= 0.6 is 0 Å². The average Bonchev–Trinajstić information content (AvgIpc) is 3.69. The Labute approximate surface area is 311 Å². The maximum absolute atomic E-state index is 14.5. The van der Waals surface area contributed by atoms with Gasteiger partial charge in [-0.2, -0.15) is 0 Å². The number of anilines is 1. The van der Waals surface area contributed by atoms with Crippen molar-refractivity contribution in [2.45, 2.75) is 51.2 Å². The number of carbonyl (C=O) groups excluding carboxylic acids is 1. The second-order valence-corrected chi connectivity index (χ2v) is 14.2. The summed E-state index contributed by atoms with van der Waals surface area (Å²) in [5.74, 6) is 3.61. The number of nitrogens with one attached hydrogen (secondary N) is 1. The highest BCUT2D eigenvalue weighted by molar-refractivity contribution is 5.85. The third kappa shape index (κ3) is 7.90. The van der Waals surface area contributed by atoms with Crippen LogP contribution in [0, 0.1) is 5.41 Å². The van der Waals surface area contributed by atoms with Gasteiger partial charge < -0.3 is 38.6 Å². The van der Waals surface area contributed by atoms with Crippen LogP contribution in [-0.4, -0.2) is 90.9 Å². The fraction of sp³-hybridized carbons (Fsp3) is 0.405. The van der Waals surface area contributed by atoms with Crippen molar-refractivity contribution in [1.82, 2.24) is 24.3 Å². The van der Waals surface area contributed by atoms with Crippen LogP contribution in [0.25, 0.3) is 11.0 Å². The van der Waals surface area contributed by atoms with Crippen molar-refractivity contribution >= 4 is 22.9 Å². The van der Waals surface area contributed by atoms with Gasteiger partial charge in [-0.25, -0.2) is 4.98 Å². The lowest BCUT2D eigenvalue weighted by molar-refractivity contribution is -0.137. The highest BCUT2D eigenvalue weighted by Gasteiger charge is 2.46. The van der Waals surface area contributed by atoms with Gasteiger partial charge in [0, 0.05) is 38.4 Å². The van der Waals surface area contributed by atoms with Gasteiger partial charge in [0.2, 0.25) is 17.6 Å². The van der Waals surface area contributed by atoms with Gasteiger partial charge in [0.1, 0.15) is 5.75 Å². The summed E-state index contributed by atoms with van der Waals surface area (Å²) in [6.45, 7) is 4.60. The van der Waals surface area contributed by atoms with Gasteiger partial charge >= 0.3 is 0 Å². The SMILES string of the molecule is COc1ccc(CC2(CCN3CCC(Nc4nc5ccccc5n4Cc4ccccn4)CC3)CCN(Cc3cc(OC)c(OC)c(OC)c3)C2=O)cc1. The van der Waals surface area contributed by atoms with E-state index in [2.05, 4.69) is 56.2 Å². The van der Waals surface area contributed by atoms with Crippen molar-refractivity contribution in [3.05, 3.63) is 102 Å². The Bertz CT molecular complexity index is 1970. The summed E-state index contributed by atoms with van der Waals surface area (Å²) in [7, 11) is 6.50. The van der Waals surface area contributed by atoms with E-state index in [0.717, 1.165) is 84.9 Å². The molecule has 278 valence electrons. The summed E-state index contributed by atoms with van der Waals surface area (Å²) in [5, 5.41) is 3.79. The number of para-hydroxylation sites is 2. The zero-order valence-electron chi connectivity index (χ0n) is 31.2. The zero-order valence-corrected chi connectivity index (χ0v) is 31.2. The smallest absolute Gasteiger partial charge is 0.229 e. The fourth-order valence-corrected chi connectivity index (χ4v) is 7.96. The van der Waals surface area contributed by atoms with Crippen molar-refractivity contribution in [2.75, 3.05) is 59.9 Å². The Morgan fingerprint density at radius 1 is 0.811 bits per heavy atom. The summed E-state index contributed by atoms with van der Waals surface area (Å²) in [6.07, 6.45) is 6.12. The predicted molar refractivity (Wildman–Crippen MR) is 206 cm³/mol. The van der Waals surface area contributed by atoms with Gasteiger partial charge in [-0.15, -0.1) is 0 Å². The number of rotatable bonds is 15. The van der Waals surface area contributed by atoms with Crippen molar-refractivity contribution in [1.29, 1.82) is 0 Å². The van der Waals surface area contributed by atoms with E-state index in [-0.39, 0.29) is 5.91 Å². The van der Waals surface area contributed by atoms with E-state index >= 15 is 0 Å². The minimum absolute atomic E-state index is 0.199. The van der Waals surface area contributed by atoms with Gasteiger partial charge in [0.05, 0.1) is 57.1 Å². The van der Waals surface area contributed by atoms with Gasteiger partial charge in [-0.3, -0.25) is 9.78 Å². The van der Waals surface area contributed by atoms with Crippen molar-refractivity contribution < 1.29 is 23.7 Å². The molecule has 2 aliphatic rings. The molecule has 1 amide bonds. The first-order valence-corrected chi connectivity index (χ1v) is 18.5. The van der Waals surface area contributed by atoms with Gasteiger partial charge in [0.25, 0.3) is 0 Å². The molecule has 5 aromatic rings. The number of aromatic nitrogens is 3. The van der Waals surface area contributed by atoms with Crippen LogP contribution in [0.5, 0.6) is 23.0 Å². The molecular weight excluding hydrogens is 668 g/mol. The first kappa shape index (κ1) is 36.1. The number of hydrogen-bond donors (Lipinski definition) is 1. The second-order valence-electron chi connectivity index (χ2n) is 14.2. The average molecular weight is 719 g/mol. The van der Waals surface area contributed by atoms with Crippen LogP contribution < -0.4 is 24.3 Å². The number of hydrogen-bond acceptors (Lipinski definition) is 9. The summed E-state index contributed by atoms with van der Waals surface area (Å²) in [5.41, 5.74) is 4.66. The number of likely N-dealkylation sites (tertiary alicyclic amines) is 2. The highest BCUT2D eigenvalue weighted by atomic mass is 16.5. The van der Waals surface area contributed by atoms with E-state index < -0.39 is 5.41 Å². The van der Waals surface area contributed by atoms with Crippen LogP contribution in [-0.2, 0) is 24.3 Å². The van der Waals surface area contributed by atoms with Crippen LogP contribution in [0.4, 0.5) is 5.95 Å². The molecule has 2 aromatic heterocycles. The molecule has 3 aromatic carbocycles. The molecule has 2 fully saturated rings. The Morgan fingerprint density at radius 3 is 2.23 bits per heavy atom. The Hall–Kier alpha value is -5.29. The van der Waals surface area contributed by atoms with E-state index in [1.807, 2.05) is 53.6 Å². The molecule has 1 N–H and O–H groups in total. The Morgan fingerprint density at radius 2 is 1.55 bits per heavy atom. The predicted octanol–water partition coefficient (Wildman–Crippen LogP) is 6.44. The van der Waals surface area contributed by atoms with Gasteiger partial charge in [0.15, 0.2) is 11.5 Å². The molecule has 0 aliphatic carbocycles. The topological polar surface area (TPSA) is 103 Å². The van der Waals surface area contributed by atoms with Gasteiger partial charge in [-0.05, 0) is 98.3 Å². The molecule has 0 bridgehead atoms. The first-order chi connectivity index (χ1) is 25.9. The quantitative estimate of drug-likeness (QED) is 0.131. The fourth-order valence-electron chi connectivity index (χ4n) is 7.96. The molecule has 11 heteroatoms. The lowest BCUT2D eigenvalue weighted by Crippen LogP contribution is -2.43. The van der Waals surface area contributed by atoms with E-state index in [4.69, 9.17) is 23.9 Å². The number of imidazole rings is 1. The number of amides is 1. The summed E-state index contributed by atoms with van der Waals surface area (Å²) < 4.78 is 24.4. The van der Waals surface area contributed by atoms with Crippen molar-refractivity contribution in [3.8, 4) is 23.0 Å². The zero-order chi connectivity index (χ0) is 36.8. The number of benzene rings is 3. The molecule has 0 radical (unpaired) electrons. The molecule has 1 atom stereocenters. The number of carbonyl (C=O) groups is 1. The number of nitrogens with zero attached hydrogens (tertiary/aromatic N) is 5. The summed E-state index contributed by atoms with van der Waals surface area (Å²) >= 11 is 0.